The second-order valence-corrected chi connectivity index (χ2v) is 7.94. The fourth-order valence-corrected chi connectivity index (χ4v) is 5.00. The minimum Gasteiger partial charge on any atom is -0.465 e. The molecule has 4 atom stereocenters. The Morgan fingerprint density at radius 2 is 1.74 bits per heavy atom. The number of hydrogen-bond acceptors (Lipinski definition) is 5. The number of rotatable bonds is 6. The number of amides is 2. The monoisotopic (exact) mass is 424 g/mol. The van der Waals surface area contributed by atoms with Crippen LogP contribution in [0.5, 0.6) is 0 Å². The van der Waals surface area contributed by atoms with Crippen LogP contribution < -0.4 is 10.2 Å². The number of para-hydroxylation sites is 1. The molecule has 2 amide bonds. The fourth-order valence-electron chi connectivity index (χ4n) is 5.00. The quantitative estimate of drug-likeness (QED) is 0.568. The maximum Gasteiger partial charge on any atom is 0.327 e. The van der Waals surface area contributed by atoms with Gasteiger partial charge in [-0.25, -0.2) is 9.29 Å². The van der Waals surface area contributed by atoms with Gasteiger partial charge in [0.1, 0.15) is 11.4 Å². The summed E-state index contributed by atoms with van der Waals surface area (Å²) >= 11 is 0. The molecule has 2 heterocycles. The first kappa shape index (κ1) is 21.2. The molecule has 2 aromatic rings. The zero-order valence-corrected chi connectivity index (χ0v) is 17.5. The number of halogens is 1. The third-order valence-electron chi connectivity index (χ3n) is 6.19. The van der Waals surface area contributed by atoms with Gasteiger partial charge in [0.2, 0.25) is 11.8 Å². The summed E-state index contributed by atoms with van der Waals surface area (Å²) < 4.78 is 20.1. The Bertz CT molecular complexity index is 1010. The molecule has 7 heteroatoms. The number of imide groups is 1. The van der Waals surface area contributed by atoms with Crippen LogP contribution in [0.2, 0.25) is 0 Å². The zero-order chi connectivity index (χ0) is 22.2. The number of nitrogens with one attached hydrogen (secondary N) is 1. The zero-order valence-electron chi connectivity index (χ0n) is 17.5. The van der Waals surface area contributed by atoms with Crippen LogP contribution in [0.25, 0.3) is 0 Å². The predicted octanol–water partition coefficient (Wildman–Crippen LogP) is 3.38. The maximum absolute atomic E-state index is 14.8. The van der Waals surface area contributed by atoms with E-state index in [0.29, 0.717) is 18.5 Å². The number of fused-ring (bicyclic) bond motifs is 1. The first-order valence-corrected chi connectivity index (χ1v) is 10.6. The Balaban J connectivity index is 1.88. The molecule has 0 aromatic heterocycles. The van der Waals surface area contributed by atoms with E-state index in [0.717, 1.165) is 4.90 Å². The summed E-state index contributed by atoms with van der Waals surface area (Å²) in [4.78, 5) is 41.5. The molecule has 31 heavy (non-hydrogen) atoms. The van der Waals surface area contributed by atoms with Crippen molar-refractivity contribution in [3.05, 3.63) is 66.0 Å². The van der Waals surface area contributed by atoms with E-state index >= 15 is 0 Å². The van der Waals surface area contributed by atoms with E-state index in [1.807, 2.05) is 6.92 Å². The molecule has 2 saturated heterocycles. The summed E-state index contributed by atoms with van der Waals surface area (Å²) in [5, 5.41) is 3.20. The number of anilines is 1. The third kappa shape index (κ3) is 3.24. The van der Waals surface area contributed by atoms with Crippen LogP contribution in [0, 0.1) is 17.7 Å². The van der Waals surface area contributed by atoms with E-state index < -0.39 is 47.0 Å². The van der Waals surface area contributed by atoms with Gasteiger partial charge in [-0.1, -0.05) is 49.7 Å². The van der Waals surface area contributed by atoms with Gasteiger partial charge in [0, 0.05) is 11.6 Å². The van der Waals surface area contributed by atoms with Crippen molar-refractivity contribution < 1.29 is 23.5 Å². The molecular formula is C24H25FN2O4. The van der Waals surface area contributed by atoms with E-state index in [2.05, 4.69) is 5.32 Å². The van der Waals surface area contributed by atoms with Crippen molar-refractivity contribution >= 4 is 23.5 Å². The second-order valence-electron chi connectivity index (χ2n) is 7.94. The van der Waals surface area contributed by atoms with Gasteiger partial charge in [-0.05, 0) is 31.5 Å². The average Bonchev–Trinajstić information content (AvgIpc) is 3.24. The molecule has 0 spiro atoms. The Morgan fingerprint density at radius 1 is 1.06 bits per heavy atom. The topological polar surface area (TPSA) is 75.7 Å². The van der Waals surface area contributed by atoms with Crippen molar-refractivity contribution in [1.29, 1.82) is 0 Å². The Morgan fingerprint density at radius 3 is 2.39 bits per heavy atom. The van der Waals surface area contributed by atoms with Gasteiger partial charge in [0.25, 0.3) is 0 Å². The number of carbonyl (C=O) groups is 3. The highest BCUT2D eigenvalue weighted by Gasteiger charge is 2.68. The second kappa shape index (κ2) is 8.23. The first-order valence-electron chi connectivity index (χ1n) is 10.6. The van der Waals surface area contributed by atoms with Crippen LogP contribution in [0.4, 0.5) is 10.1 Å². The normalized spacial score (nSPS) is 27.5. The third-order valence-corrected chi connectivity index (χ3v) is 6.19. The van der Waals surface area contributed by atoms with Gasteiger partial charge in [-0.15, -0.1) is 0 Å². The number of ether oxygens (including phenoxy) is 1. The van der Waals surface area contributed by atoms with Gasteiger partial charge >= 0.3 is 5.97 Å². The lowest BCUT2D eigenvalue weighted by Gasteiger charge is -2.32. The molecule has 2 aromatic carbocycles. The lowest BCUT2D eigenvalue weighted by Crippen LogP contribution is -2.56. The number of nitrogens with zero attached hydrogens (tertiary/aromatic N) is 1. The first-order chi connectivity index (χ1) is 15.0. The van der Waals surface area contributed by atoms with Crippen LogP contribution in [0.3, 0.4) is 0 Å². The Hall–Kier alpha value is -3.06. The van der Waals surface area contributed by atoms with Crippen molar-refractivity contribution in [1.82, 2.24) is 5.32 Å². The van der Waals surface area contributed by atoms with Crippen molar-refractivity contribution in [3.63, 3.8) is 0 Å². The number of benzene rings is 2. The van der Waals surface area contributed by atoms with Crippen LogP contribution in [-0.4, -0.2) is 29.9 Å². The highest BCUT2D eigenvalue weighted by atomic mass is 19.1. The van der Waals surface area contributed by atoms with Crippen LogP contribution >= 0.6 is 0 Å². The highest BCUT2D eigenvalue weighted by molar-refractivity contribution is 6.24. The smallest absolute Gasteiger partial charge is 0.327 e. The molecule has 6 nitrogen and oxygen atoms in total. The van der Waals surface area contributed by atoms with Gasteiger partial charge < -0.3 is 4.74 Å². The van der Waals surface area contributed by atoms with Gasteiger partial charge in [0.05, 0.1) is 24.1 Å². The van der Waals surface area contributed by atoms with Gasteiger partial charge in [-0.2, -0.15) is 0 Å². The molecule has 0 radical (unpaired) electrons. The van der Waals surface area contributed by atoms with Crippen molar-refractivity contribution in [2.24, 2.45) is 11.8 Å². The molecule has 4 rings (SSSR count). The molecule has 0 saturated carbocycles. The number of carbonyl (C=O) groups excluding carboxylic acids is 3. The molecule has 0 unspecified atom stereocenters. The minimum absolute atomic E-state index is 0.137. The number of esters is 1. The Labute approximate surface area is 180 Å². The van der Waals surface area contributed by atoms with Crippen molar-refractivity contribution in [2.75, 3.05) is 11.5 Å². The summed E-state index contributed by atoms with van der Waals surface area (Å²) in [6.07, 6.45) is 0.867. The molecule has 2 aliphatic rings. The van der Waals surface area contributed by atoms with Crippen LogP contribution in [0.1, 0.15) is 38.3 Å². The van der Waals surface area contributed by atoms with Gasteiger partial charge in [-0.3, -0.25) is 19.7 Å². The standard InChI is InChI=1S/C24H25FN2O4/c1-3-14-24(23(30)31-4-2)19-18(20(26-24)16-12-8-9-13-17(16)25)21(28)27(22(19)29)15-10-6-5-7-11-15/h5-13,18-20,26H,3-4,14H2,1-2H3/t18-,19+,20-,24-/m0/s1. The number of hydrogen-bond donors (Lipinski definition) is 1. The summed E-state index contributed by atoms with van der Waals surface area (Å²) in [5.74, 6) is -3.88. The molecule has 2 aliphatic heterocycles. The molecule has 0 aliphatic carbocycles. The molecule has 1 N–H and O–H groups in total. The lowest BCUT2D eigenvalue weighted by atomic mass is 9.77. The minimum atomic E-state index is -1.40. The average molecular weight is 424 g/mol. The van der Waals surface area contributed by atoms with E-state index in [1.54, 1.807) is 55.5 Å². The SMILES string of the molecule is CCC[C@]1(C(=O)OCC)N[C@@H](c2ccccc2F)[C@H]2C(=O)N(c3ccccc3)C(=O)[C@@H]21. The molecule has 0 bridgehead atoms. The largest absolute Gasteiger partial charge is 0.465 e. The van der Waals surface area contributed by atoms with E-state index in [4.69, 9.17) is 4.74 Å². The van der Waals surface area contributed by atoms with Crippen molar-refractivity contribution in [2.45, 2.75) is 38.3 Å². The maximum atomic E-state index is 14.8. The summed E-state index contributed by atoms with van der Waals surface area (Å²) in [7, 11) is 0. The summed E-state index contributed by atoms with van der Waals surface area (Å²) in [5.41, 5.74) is -0.706. The van der Waals surface area contributed by atoms with Crippen LogP contribution in [-0.2, 0) is 19.1 Å². The predicted molar refractivity (Wildman–Crippen MR) is 112 cm³/mol. The van der Waals surface area contributed by atoms with E-state index in [-0.39, 0.29) is 12.2 Å². The van der Waals surface area contributed by atoms with Crippen molar-refractivity contribution in [3.8, 4) is 0 Å². The molecule has 2 fully saturated rings. The lowest BCUT2D eigenvalue weighted by molar-refractivity contribution is -0.155. The van der Waals surface area contributed by atoms with Gasteiger partial charge in [0.15, 0.2) is 0 Å². The molecule has 162 valence electrons. The van der Waals surface area contributed by atoms with Crippen LogP contribution in [0.15, 0.2) is 54.6 Å². The summed E-state index contributed by atoms with van der Waals surface area (Å²) in [6.45, 7) is 3.72. The van der Waals surface area contributed by atoms with E-state index in [1.165, 1.54) is 6.07 Å². The van der Waals surface area contributed by atoms with E-state index in [9.17, 15) is 18.8 Å². The fraction of sp³-hybridized carbons (Fsp3) is 0.375. The highest BCUT2D eigenvalue weighted by Crippen LogP contribution is 2.51. The molecular weight excluding hydrogens is 399 g/mol. The Kier molecular flexibility index (Phi) is 5.62. The summed E-state index contributed by atoms with van der Waals surface area (Å²) in [6, 6.07) is 13.9.